The molecule has 2 heteroatoms. The van der Waals surface area contributed by atoms with E-state index < -0.39 is 0 Å². The first-order valence-electron chi connectivity index (χ1n) is 7.03. The number of aliphatic imine (C=N–C) groups is 1. The van der Waals surface area contributed by atoms with Crippen LogP contribution in [0.2, 0.25) is 0 Å². The van der Waals surface area contributed by atoms with Crippen LogP contribution < -0.4 is 0 Å². The van der Waals surface area contributed by atoms with E-state index in [1.165, 1.54) is 37.7 Å². The van der Waals surface area contributed by atoms with Crippen LogP contribution in [0.1, 0.15) is 44.6 Å². The Morgan fingerprint density at radius 3 is 2.28 bits per heavy atom. The monoisotopic (exact) mass is 246 g/mol. The molecule has 0 aliphatic heterocycles. The summed E-state index contributed by atoms with van der Waals surface area (Å²) in [6, 6.07) is 10.4. The van der Waals surface area contributed by atoms with Gasteiger partial charge in [0.25, 0.3) is 0 Å². The zero-order chi connectivity index (χ0) is 13.2. The molecular formula is C16H26N2. The Labute approximate surface area is 112 Å². The molecule has 0 radical (unpaired) electrons. The molecule has 0 fully saturated rings. The number of nitrogens with zero attached hydrogens (tertiary/aromatic N) is 2. The van der Waals surface area contributed by atoms with Crippen molar-refractivity contribution in [1.29, 1.82) is 0 Å². The molecule has 2 nitrogen and oxygen atoms in total. The van der Waals surface area contributed by atoms with Crippen molar-refractivity contribution in [2.75, 3.05) is 20.6 Å². The molecule has 0 spiro atoms. The van der Waals surface area contributed by atoms with E-state index in [1.54, 1.807) is 0 Å². The fourth-order valence-corrected chi connectivity index (χ4v) is 1.98. The molecule has 0 aromatic heterocycles. The highest BCUT2D eigenvalue weighted by molar-refractivity contribution is 5.98. The normalized spacial score (nSPS) is 11.6. The smallest absolute Gasteiger partial charge is 0.130 e. The molecule has 0 amide bonds. The lowest BCUT2D eigenvalue weighted by molar-refractivity contribution is 0.607. The highest BCUT2D eigenvalue weighted by Gasteiger charge is 2.04. The summed E-state index contributed by atoms with van der Waals surface area (Å²) in [6.07, 6.45) is 6.49. The minimum Gasteiger partial charge on any atom is -0.363 e. The van der Waals surface area contributed by atoms with E-state index in [4.69, 9.17) is 4.99 Å². The molecule has 0 bridgehead atoms. The summed E-state index contributed by atoms with van der Waals surface area (Å²) in [6.45, 7) is 3.18. The lowest BCUT2D eigenvalue weighted by Gasteiger charge is -2.16. The minimum atomic E-state index is 0.937. The van der Waals surface area contributed by atoms with Gasteiger partial charge in [-0.25, -0.2) is 0 Å². The van der Waals surface area contributed by atoms with E-state index in [2.05, 4.69) is 50.2 Å². The Balaban J connectivity index is 2.47. The molecule has 1 aromatic rings. The van der Waals surface area contributed by atoms with Crippen molar-refractivity contribution in [2.24, 2.45) is 4.99 Å². The Bertz CT molecular complexity index is 341. The van der Waals surface area contributed by atoms with Crippen LogP contribution in [-0.4, -0.2) is 31.4 Å². The fraction of sp³-hybridized carbons (Fsp3) is 0.562. The molecule has 0 aliphatic rings. The highest BCUT2D eigenvalue weighted by Crippen LogP contribution is 2.06. The number of hydrogen-bond donors (Lipinski definition) is 0. The summed E-state index contributed by atoms with van der Waals surface area (Å²) in [5.74, 6) is 1.09. The van der Waals surface area contributed by atoms with Crippen LogP contribution >= 0.6 is 0 Å². The summed E-state index contributed by atoms with van der Waals surface area (Å²) >= 11 is 0. The van der Waals surface area contributed by atoms with E-state index in [1.807, 2.05) is 6.07 Å². The van der Waals surface area contributed by atoms with Crippen molar-refractivity contribution in [3.05, 3.63) is 35.9 Å². The molecule has 1 rings (SSSR count). The summed E-state index contributed by atoms with van der Waals surface area (Å²) in [4.78, 5) is 6.83. The Hall–Kier alpha value is -1.31. The van der Waals surface area contributed by atoms with Crippen LogP contribution in [-0.2, 0) is 0 Å². The van der Waals surface area contributed by atoms with Gasteiger partial charge in [0, 0.05) is 26.2 Å². The van der Waals surface area contributed by atoms with Crippen molar-refractivity contribution >= 4 is 5.84 Å². The van der Waals surface area contributed by atoms with Crippen LogP contribution in [0.25, 0.3) is 0 Å². The summed E-state index contributed by atoms with van der Waals surface area (Å²) < 4.78 is 0. The molecule has 1 aromatic carbocycles. The van der Waals surface area contributed by atoms with Crippen molar-refractivity contribution in [2.45, 2.75) is 39.0 Å². The van der Waals surface area contributed by atoms with Crippen LogP contribution in [0.15, 0.2) is 35.3 Å². The van der Waals surface area contributed by atoms with Crippen LogP contribution in [0.4, 0.5) is 0 Å². The van der Waals surface area contributed by atoms with Gasteiger partial charge in [-0.1, -0.05) is 62.9 Å². The standard InChI is InChI=1S/C16H26N2/c1-4-5-6-7-11-14-17-16(18(2)3)15-12-9-8-10-13-15/h8-10,12-13H,4-7,11,14H2,1-3H3. The maximum absolute atomic E-state index is 4.73. The predicted molar refractivity (Wildman–Crippen MR) is 80.3 cm³/mol. The molecular weight excluding hydrogens is 220 g/mol. The molecule has 0 atom stereocenters. The zero-order valence-electron chi connectivity index (χ0n) is 12.0. The lowest BCUT2D eigenvalue weighted by Crippen LogP contribution is -2.23. The molecule has 0 N–H and O–H groups in total. The zero-order valence-corrected chi connectivity index (χ0v) is 12.0. The SMILES string of the molecule is CCCCCCCN=C(c1ccccc1)N(C)C. The minimum absolute atomic E-state index is 0.937. The van der Waals surface area contributed by atoms with Gasteiger partial charge in [0.1, 0.15) is 5.84 Å². The van der Waals surface area contributed by atoms with Crippen LogP contribution in [0, 0.1) is 0 Å². The number of rotatable bonds is 7. The van der Waals surface area contributed by atoms with Gasteiger partial charge in [-0.2, -0.15) is 0 Å². The Morgan fingerprint density at radius 1 is 1.00 bits per heavy atom. The van der Waals surface area contributed by atoms with E-state index in [0.29, 0.717) is 0 Å². The second-order valence-electron chi connectivity index (χ2n) is 4.88. The molecule has 18 heavy (non-hydrogen) atoms. The second kappa shape index (κ2) is 8.73. The number of benzene rings is 1. The highest BCUT2D eigenvalue weighted by atomic mass is 15.1. The van der Waals surface area contributed by atoms with Crippen LogP contribution in [0.3, 0.4) is 0 Å². The molecule has 0 aliphatic carbocycles. The average molecular weight is 246 g/mol. The van der Waals surface area contributed by atoms with E-state index in [-0.39, 0.29) is 0 Å². The summed E-state index contributed by atoms with van der Waals surface area (Å²) in [7, 11) is 4.12. The van der Waals surface area contributed by atoms with E-state index in [9.17, 15) is 0 Å². The fourth-order valence-electron chi connectivity index (χ4n) is 1.98. The number of hydrogen-bond acceptors (Lipinski definition) is 1. The maximum atomic E-state index is 4.73. The third kappa shape index (κ3) is 5.35. The van der Waals surface area contributed by atoms with Crippen molar-refractivity contribution in [3.8, 4) is 0 Å². The average Bonchev–Trinajstić information content (AvgIpc) is 2.38. The van der Waals surface area contributed by atoms with Gasteiger partial charge in [0.2, 0.25) is 0 Å². The summed E-state index contributed by atoms with van der Waals surface area (Å²) in [5.41, 5.74) is 1.20. The van der Waals surface area contributed by atoms with Gasteiger partial charge in [0.15, 0.2) is 0 Å². The predicted octanol–water partition coefficient (Wildman–Crippen LogP) is 3.97. The van der Waals surface area contributed by atoms with Gasteiger partial charge in [-0.05, 0) is 6.42 Å². The van der Waals surface area contributed by atoms with Crippen molar-refractivity contribution < 1.29 is 0 Å². The molecule has 0 heterocycles. The molecule has 0 saturated heterocycles. The van der Waals surface area contributed by atoms with Gasteiger partial charge in [-0.3, -0.25) is 4.99 Å². The Kier molecular flexibility index (Phi) is 7.16. The largest absolute Gasteiger partial charge is 0.363 e. The number of amidine groups is 1. The molecule has 100 valence electrons. The first-order chi connectivity index (χ1) is 8.75. The van der Waals surface area contributed by atoms with Gasteiger partial charge in [-0.15, -0.1) is 0 Å². The van der Waals surface area contributed by atoms with Gasteiger partial charge in [0.05, 0.1) is 0 Å². The Morgan fingerprint density at radius 2 is 1.67 bits per heavy atom. The topological polar surface area (TPSA) is 15.6 Å². The van der Waals surface area contributed by atoms with E-state index in [0.717, 1.165) is 12.4 Å². The summed E-state index contributed by atoms with van der Waals surface area (Å²) in [5, 5.41) is 0. The first-order valence-corrected chi connectivity index (χ1v) is 7.03. The van der Waals surface area contributed by atoms with Gasteiger partial charge >= 0.3 is 0 Å². The second-order valence-corrected chi connectivity index (χ2v) is 4.88. The van der Waals surface area contributed by atoms with Gasteiger partial charge < -0.3 is 4.90 Å². The quantitative estimate of drug-likeness (QED) is 0.404. The maximum Gasteiger partial charge on any atom is 0.130 e. The third-order valence-electron chi connectivity index (χ3n) is 2.98. The molecule has 0 unspecified atom stereocenters. The van der Waals surface area contributed by atoms with E-state index >= 15 is 0 Å². The lowest BCUT2D eigenvalue weighted by atomic mass is 10.1. The third-order valence-corrected chi connectivity index (χ3v) is 2.98. The number of unbranched alkanes of at least 4 members (excludes halogenated alkanes) is 4. The first kappa shape index (κ1) is 14.7. The van der Waals surface area contributed by atoms with Crippen molar-refractivity contribution in [1.82, 2.24) is 4.90 Å². The van der Waals surface area contributed by atoms with Crippen LogP contribution in [0.5, 0.6) is 0 Å². The molecule has 0 saturated carbocycles. The van der Waals surface area contributed by atoms with Crippen molar-refractivity contribution in [3.63, 3.8) is 0 Å².